The van der Waals surface area contributed by atoms with Gasteiger partial charge in [0.05, 0.1) is 11.1 Å². The number of aliphatic hydroxyl groups excluding tert-OH is 1. The first-order valence-corrected chi connectivity index (χ1v) is 9.70. The molecule has 0 radical (unpaired) electrons. The molecule has 0 spiro atoms. The highest BCUT2D eigenvalue weighted by molar-refractivity contribution is 6.21. The topological polar surface area (TPSA) is 82.3 Å². The van der Waals surface area contributed by atoms with Crippen LogP contribution in [0.15, 0.2) is 57.8 Å². The van der Waals surface area contributed by atoms with Crippen LogP contribution in [-0.2, 0) is 0 Å². The third kappa shape index (κ3) is 4.89. The van der Waals surface area contributed by atoms with Gasteiger partial charge in [0, 0.05) is 49.8 Å². The molecule has 146 valence electrons. The lowest BCUT2D eigenvalue weighted by Crippen LogP contribution is -2.30. The normalized spacial score (nSPS) is 16.8. The van der Waals surface area contributed by atoms with E-state index in [1.165, 1.54) is 4.90 Å². The van der Waals surface area contributed by atoms with E-state index in [0.717, 1.165) is 49.9 Å². The van der Waals surface area contributed by atoms with Crippen LogP contribution in [0, 0.1) is 0 Å². The monoisotopic (exact) mass is 379 g/mol. The second kappa shape index (κ2) is 9.90. The summed E-state index contributed by atoms with van der Waals surface area (Å²) in [6, 6.07) is 6.98. The fourth-order valence-corrected chi connectivity index (χ4v) is 3.28. The van der Waals surface area contributed by atoms with Crippen LogP contribution in [0.4, 0.5) is 0 Å². The van der Waals surface area contributed by atoms with Gasteiger partial charge >= 0.3 is 0 Å². The van der Waals surface area contributed by atoms with Crippen molar-refractivity contribution in [3.63, 3.8) is 0 Å². The Morgan fingerprint density at radius 2 is 1.39 bits per heavy atom. The molecular weight excluding hydrogens is 354 g/mol. The van der Waals surface area contributed by atoms with Gasteiger partial charge in [-0.1, -0.05) is 24.3 Å². The number of allylic oxidation sites excluding steroid dienone is 4. The quantitative estimate of drug-likeness (QED) is 0.736. The van der Waals surface area contributed by atoms with Crippen LogP contribution >= 0.6 is 0 Å². The van der Waals surface area contributed by atoms with Gasteiger partial charge in [0.1, 0.15) is 0 Å². The third-order valence-corrected chi connectivity index (χ3v) is 4.72. The Hall–Kier alpha value is -2.86. The van der Waals surface area contributed by atoms with Crippen molar-refractivity contribution in [3.8, 4) is 0 Å². The van der Waals surface area contributed by atoms with Crippen LogP contribution in [-0.4, -0.2) is 47.4 Å². The van der Waals surface area contributed by atoms with Gasteiger partial charge < -0.3 is 5.11 Å². The van der Waals surface area contributed by atoms with Crippen molar-refractivity contribution in [2.24, 2.45) is 9.98 Å². The largest absolute Gasteiger partial charge is 0.396 e. The number of rotatable bonds is 7. The van der Waals surface area contributed by atoms with Crippen LogP contribution in [0.5, 0.6) is 0 Å². The summed E-state index contributed by atoms with van der Waals surface area (Å²) in [5, 5.41) is 8.45. The Kier molecular flexibility index (Phi) is 7.03. The number of carbonyl (C=O) groups excluding carboxylic acids is 2. The van der Waals surface area contributed by atoms with Crippen molar-refractivity contribution in [3.05, 3.63) is 58.9 Å². The van der Waals surface area contributed by atoms with E-state index in [1.807, 2.05) is 12.4 Å². The minimum atomic E-state index is -0.176. The van der Waals surface area contributed by atoms with E-state index < -0.39 is 0 Å². The van der Waals surface area contributed by atoms with Crippen molar-refractivity contribution in [2.75, 3.05) is 13.2 Å². The average molecular weight is 379 g/mol. The molecule has 0 unspecified atom stereocenters. The van der Waals surface area contributed by atoms with Gasteiger partial charge in [0.2, 0.25) is 0 Å². The lowest BCUT2D eigenvalue weighted by atomic mass is 10.1. The first-order valence-electron chi connectivity index (χ1n) is 9.70. The average Bonchev–Trinajstić information content (AvgIpc) is 3.46. The summed E-state index contributed by atoms with van der Waals surface area (Å²) in [7, 11) is 0. The number of hydrogen-bond donors (Lipinski definition) is 1. The van der Waals surface area contributed by atoms with Crippen molar-refractivity contribution in [2.45, 2.75) is 38.5 Å². The van der Waals surface area contributed by atoms with Gasteiger partial charge in [-0.25, -0.2) is 0 Å². The number of amides is 2. The Balaban J connectivity index is 0.000000211. The molecule has 0 atom stereocenters. The van der Waals surface area contributed by atoms with Crippen molar-refractivity contribution in [1.82, 2.24) is 4.90 Å². The fourth-order valence-electron chi connectivity index (χ4n) is 3.28. The highest BCUT2D eigenvalue weighted by Crippen LogP contribution is 2.23. The molecule has 0 saturated carbocycles. The predicted molar refractivity (Wildman–Crippen MR) is 110 cm³/mol. The van der Waals surface area contributed by atoms with Crippen molar-refractivity contribution < 1.29 is 14.7 Å². The summed E-state index contributed by atoms with van der Waals surface area (Å²) in [4.78, 5) is 33.9. The number of aliphatic hydroxyl groups is 1. The third-order valence-electron chi connectivity index (χ3n) is 4.72. The number of aliphatic imine (C=N–C) groups is 2. The van der Waals surface area contributed by atoms with E-state index in [0.29, 0.717) is 17.7 Å². The van der Waals surface area contributed by atoms with Gasteiger partial charge in [-0.2, -0.15) is 0 Å². The first-order chi connectivity index (χ1) is 13.7. The molecular formula is C22H25N3O3. The lowest BCUT2D eigenvalue weighted by Gasteiger charge is -2.13. The van der Waals surface area contributed by atoms with E-state index in [4.69, 9.17) is 5.11 Å². The highest BCUT2D eigenvalue weighted by atomic mass is 16.3. The maximum atomic E-state index is 12.1. The number of benzene rings is 1. The molecule has 3 aliphatic heterocycles. The Bertz CT molecular complexity index is 817. The molecule has 6 heteroatoms. The number of hydrogen-bond acceptors (Lipinski definition) is 5. The predicted octanol–water partition coefficient (Wildman–Crippen LogP) is 3.54. The maximum Gasteiger partial charge on any atom is 0.261 e. The maximum absolute atomic E-state index is 12.1. The Morgan fingerprint density at radius 3 is 1.86 bits per heavy atom. The van der Waals surface area contributed by atoms with Crippen LogP contribution in [0.1, 0.15) is 59.2 Å². The van der Waals surface area contributed by atoms with Gasteiger partial charge in [-0.05, 0) is 37.8 Å². The highest BCUT2D eigenvalue weighted by Gasteiger charge is 2.34. The summed E-state index contributed by atoms with van der Waals surface area (Å²) in [5.41, 5.74) is 3.22. The van der Waals surface area contributed by atoms with E-state index in [1.54, 1.807) is 24.3 Å². The zero-order valence-corrected chi connectivity index (χ0v) is 15.9. The van der Waals surface area contributed by atoms with Gasteiger partial charge in [0.25, 0.3) is 11.8 Å². The lowest BCUT2D eigenvalue weighted by molar-refractivity contribution is 0.0652. The molecule has 0 aliphatic carbocycles. The fraction of sp³-hybridized carbons (Fsp3) is 0.364. The van der Waals surface area contributed by atoms with Gasteiger partial charge in [0.15, 0.2) is 0 Å². The Labute approximate surface area is 165 Å². The summed E-state index contributed by atoms with van der Waals surface area (Å²) in [5.74, 6) is -0.353. The molecule has 2 amide bonds. The molecule has 1 aromatic rings. The molecule has 0 saturated heterocycles. The van der Waals surface area contributed by atoms with E-state index in [-0.39, 0.29) is 18.4 Å². The minimum absolute atomic E-state index is 0.176. The molecule has 28 heavy (non-hydrogen) atoms. The van der Waals surface area contributed by atoms with Crippen molar-refractivity contribution in [1.29, 1.82) is 0 Å². The molecule has 0 aromatic heterocycles. The molecule has 1 N–H and O–H groups in total. The molecule has 0 bridgehead atoms. The zero-order valence-electron chi connectivity index (χ0n) is 15.9. The van der Waals surface area contributed by atoms with E-state index in [9.17, 15) is 9.59 Å². The molecule has 6 nitrogen and oxygen atoms in total. The molecule has 0 fully saturated rings. The zero-order chi connectivity index (χ0) is 19.8. The van der Waals surface area contributed by atoms with Gasteiger partial charge in [-0.3, -0.25) is 24.5 Å². The SMILES string of the molecule is O=C1c2ccccc2C(=O)N1CCCC1=CCC=N1.OCCCC1=CCC=N1. The summed E-state index contributed by atoms with van der Waals surface area (Å²) in [6.45, 7) is 0.728. The number of fused-ring (bicyclic) bond motifs is 1. The van der Waals surface area contributed by atoms with Crippen LogP contribution < -0.4 is 0 Å². The van der Waals surface area contributed by atoms with Crippen LogP contribution in [0.3, 0.4) is 0 Å². The summed E-state index contributed by atoms with van der Waals surface area (Å²) in [6.07, 6.45) is 13.1. The Morgan fingerprint density at radius 1 is 0.857 bits per heavy atom. The number of nitrogens with zero attached hydrogens (tertiary/aromatic N) is 3. The van der Waals surface area contributed by atoms with E-state index >= 15 is 0 Å². The van der Waals surface area contributed by atoms with Crippen LogP contribution in [0.2, 0.25) is 0 Å². The number of carbonyl (C=O) groups is 2. The second-order valence-corrected chi connectivity index (χ2v) is 6.72. The van der Waals surface area contributed by atoms with E-state index in [2.05, 4.69) is 22.1 Å². The molecule has 3 heterocycles. The van der Waals surface area contributed by atoms with Crippen molar-refractivity contribution >= 4 is 24.2 Å². The minimum Gasteiger partial charge on any atom is -0.396 e. The second-order valence-electron chi connectivity index (χ2n) is 6.72. The summed E-state index contributed by atoms with van der Waals surface area (Å²) >= 11 is 0. The molecule has 3 aliphatic rings. The summed E-state index contributed by atoms with van der Waals surface area (Å²) < 4.78 is 0. The molecule has 1 aromatic carbocycles. The van der Waals surface area contributed by atoms with Gasteiger partial charge in [-0.15, -0.1) is 0 Å². The standard InChI is InChI=1S/C15H14N2O2.C7H11NO/c18-14-12-7-1-2-8-13(12)15(19)17(14)10-4-6-11-5-3-9-16-11;9-6-2-4-7-3-1-5-8-7/h1-2,5,7-9H,3-4,6,10H2;3,5,9H,1-2,4,6H2. The number of imide groups is 1. The smallest absolute Gasteiger partial charge is 0.261 e. The molecule has 4 rings (SSSR count). The van der Waals surface area contributed by atoms with Crippen LogP contribution in [0.25, 0.3) is 0 Å². The first kappa shape index (κ1) is 19.9.